The smallest absolute Gasteiger partial charge is 0.0630 e. The first-order valence-corrected chi connectivity index (χ1v) is 9.20. The van der Waals surface area contributed by atoms with Gasteiger partial charge in [-0.05, 0) is 86.4 Å². The summed E-state index contributed by atoms with van der Waals surface area (Å²) in [4.78, 5) is 0. The minimum Gasteiger partial charge on any atom is -0.392 e. The topological polar surface area (TPSA) is 20.2 Å². The zero-order valence-electron chi connectivity index (χ0n) is 13.5. The molecule has 4 aliphatic rings. The molecule has 20 heavy (non-hydrogen) atoms. The summed E-state index contributed by atoms with van der Waals surface area (Å²) in [6.07, 6.45) is 9.63. The monoisotopic (exact) mass is 276 g/mol. The van der Waals surface area contributed by atoms with Crippen molar-refractivity contribution in [1.82, 2.24) is 0 Å². The number of hydrogen-bond acceptors (Lipinski definition) is 1. The van der Waals surface area contributed by atoms with Gasteiger partial charge >= 0.3 is 0 Å². The molecule has 0 amide bonds. The van der Waals surface area contributed by atoms with Crippen molar-refractivity contribution in [2.24, 2.45) is 46.8 Å². The van der Waals surface area contributed by atoms with Gasteiger partial charge in [0, 0.05) is 5.41 Å². The van der Waals surface area contributed by atoms with Gasteiger partial charge in [-0.2, -0.15) is 0 Å². The molecule has 0 saturated heterocycles. The van der Waals surface area contributed by atoms with Crippen molar-refractivity contribution in [3.05, 3.63) is 0 Å². The molecule has 0 radical (unpaired) electrons. The first kappa shape index (κ1) is 13.6. The Hall–Kier alpha value is -0.0400. The number of aliphatic hydroxyl groups is 1. The molecule has 0 spiro atoms. The lowest BCUT2D eigenvalue weighted by Crippen LogP contribution is -2.62. The molecule has 0 aliphatic heterocycles. The third kappa shape index (κ3) is 1.77. The first-order valence-electron chi connectivity index (χ1n) is 9.20. The van der Waals surface area contributed by atoms with E-state index in [1.54, 1.807) is 0 Å². The molecule has 0 aromatic carbocycles. The zero-order chi connectivity index (χ0) is 14.1. The van der Waals surface area contributed by atoms with Gasteiger partial charge in [-0.15, -0.1) is 0 Å². The molecule has 1 nitrogen and oxygen atoms in total. The van der Waals surface area contributed by atoms with Crippen molar-refractivity contribution >= 4 is 0 Å². The van der Waals surface area contributed by atoms with Crippen molar-refractivity contribution < 1.29 is 5.11 Å². The van der Waals surface area contributed by atoms with Crippen LogP contribution in [0.1, 0.15) is 65.7 Å². The number of rotatable bonds is 2. The van der Waals surface area contributed by atoms with E-state index in [0.717, 1.165) is 35.5 Å². The first-order chi connectivity index (χ1) is 9.52. The Kier molecular flexibility index (Phi) is 3.05. The standard InChI is InChI=1S/C19H32O/c1-11-7-16-13(3)9-15-6-12(2)10-19(16,17(15)8-11)18(20)14-4-5-14/h11-18,20H,4-10H2,1-3H3. The number of aliphatic hydroxyl groups excluding tert-OH is 1. The summed E-state index contributed by atoms with van der Waals surface area (Å²) in [6, 6.07) is 0. The van der Waals surface area contributed by atoms with E-state index in [-0.39, 0.29) is 6.10 Å². The molecule has 4 aliphatic carbocycles. The molecule has 4 bridgehead atoms. The molecule has 4 fully saturated rings. The largest absolute Gasteiger partial charge is 0.392 e. The van der Waals surface area contributed by atoms with Crippen molar-refractivity contribution in [1.29, 1.82) is 0 Å². The second-order valence-corrected chi connectivity index (χ2v) is 9.20. The Bertz CT molecular complexity index is 377. The molecule has 1 heteroatoms. The molecule has 8 atom stereocenters. The van der Waals surface area contributed by atoms with Crippen molar-refractivity contribution in [2.45, 2.75) is 71.8 Å². The minimum atomic E-state index is 0.0259. The van der Waals surface area contributed by atoms with Crippen LogP contribution >= 0.6 is 0 Å². The summed E-state index contributed by atoms with van der Waals surface area (Å²) >= 11 is 0. The molecule has 0 aromatic heterocycles. The van der Waals surface area contributed by atoms with E-state index in [1.807, 2.05) is 0 Å². The van der Waals surface area contributed by atoms with Gasteiger partial charge in [0.1, 0.15) is 0 Å². The van der Waals surface area contributed by atoms with Gasteiger partial charge in [-0.3, -0.25) is 0 Å². The van der Waals surface area contributed by atoms with Crippen molar-refractivity contribution in [3.63, 3.8) is 0 Å². The summed E-state index contributed by atoms with van der Waals surface area (Å²) in [6.45, 7) is 7.42. The highest BCUT2D eigenvalue weighted by Gasteiger charge is 2.63. The fourth-order valence-electron chi connectivity index (χ4n) is 7.05. The summed E-state index contributed by atoms with van der Waals surface area (Å²) in [5, 5.41) is 11.2. The molecular formula is C19H32O. The van der Waals surface area contributed by atoms with Gasteiger partial charge < -0.3 is 5.11 Å². The molecule has 4 saturated carbocycles. The maximum absolute atomic E-state index is 11.2. The fraction of sp³-hybridized carbons (Fsp3) is 1.00. The van der Waals surface area contributed by atoms with Gasteiger partial charge in [0.2, 0.25) is 0 Å². The Morgan fingerprint density at radius 3 is 2.30 bits per heavy atom. The normalized spacial score (nSPS) is 56.4. The van der Waals surface area contributed by atoms with Gasteiger partial charge in [-0.1, -0.05) is 20.8 Å². The summed E-state index contributed by atoms with van der Waals surface area (Å²) in [5.41, 5.74) is 0.313. The van der Waals surface area contributed by atoms with E-state index >= 15 is 0 Å². The predicted molar refractivity (Wildman–Crippen MR) is 82.2 cm³/mol. The van der Waals surface area contributed by atoms with Crippen LogP contribution in [0.5, 0.6) is 0 Å². The average molecular weight is 276 g/mol. The second-order valence-electron chi connectivity index (χ2n) is 9.20. The van der Waals surface area contributed by atoms with E-state index in [9.17, 15) is 5.11 Å². The Morgan fingerprint density at radius 1 is 0.900 bits per heavy atom. The van der Waals surface area contributed by atoms with E-state index in [2.05, 4.69) is 20.8 Å². The second kappa shape index (κ2) is 4.48. The van der Waals surface area contributed by atoms with Crippen LogP contribution in [-0.4, -0.2) is 11.2 Å². The highest BCUT2D eigenvalue weighted by Crippen LogP contribution is 2.68. The van der Waals surface area contributed by atoms with E-state index in [1.165, 1.54) is 44.9 Å². The summed E-state index contributed by atoms with van der Waals surface area (Å²) < 4.78 is 0. The highest BCUT2D eigenvalue weighted by atomic mass is 16.3. The SMILES string of the molecule is CC1CC2C(C)CC3CC(C)CC2(C(O)C2CC2)C3C1. The van der Waals surface area contributed by atoms with Gasteiger partial charge in [0.25, 0.3) is 0 Å². The van der Waals surface area contributed by atoms with Crippen LogP contribution < -0.4 is 0 Å². The maximum atomic E-state index is 11.2. The molecule has 114 valence electrons. The summed E-state index contributed by atoms with van der Waals surface area (Å²) in [5.74, 6) is 5.81. The lowest BCUT2D eigenvalue weighted by molar-refractivity contribution is -0.203. The average Bonchev–Trinajstić information content (AvgIpc) is 3.20. The predicted octanol–water partition coefficient (Wildman–Crippen LogP) is 4.49. The fourth-order valence-corrected chi connectivity index (χ4v) is 7.05. The van der Waals surface area contributed by atoms with Crippen LogP contribution in [0, 0.1) is 46.8 Å². The minimum absolute atomic E-state index is 0.0259. The highest BCUT2D eigenvalue weighted by molar-refractivity contribution is 5.12. The van der Waals surface area contributed by atoms with Crippen LogP contribution in [0.2, 0.25) is 0 Å². The van der Waals surface area contributed by atoms with Crippen LogP contribution in [-0.2, 0) is 0 Å². The van der Waals surface area contributed by atoms with Crippen LogP contribution in [0.4, 0.5) is 0 Å². The van der Waals surface area contributed by atoms with Crippen LogP contribution in [0.3, 0.4) is 0 Å². The quantitative estimate of drug-likeness (QED) is 0.787. The van der Waals surface area contributed by atoms with Crippen molar-refractivity contribution in [2.75, 3.05) is 0 Å². The van der Waals surface area contributed by atoms with Crippen LogP contribution in [0.25, 0.3) is 0 Å². The van der Waals surface area contributed by atoms with Gasteiger partial charge in [0.05, 0.1) is 6.10 Å². The van der Waals surface area contributed by atoms with E-state index < -0.39 is 0 Å². The third-order valence-electron chi connectivity index (χ3n) is 7.65. The Balaban J connectivity index is 1.77. The van der Waals surface area contributed by atoms with Crippen LogP contribution in [0.15, 0.2) is 0 Å². The molecule has 0 heterocycles. The van der Waals surface area contributed by atoms with Gasteiger partial charge in [-0.25, -0.2) is 0 Å². The molecule has 8 unspecified atom stereocenters. The zero-order valence-corrected chi connectivity index (χ0v) is 13.5. The number of hydrogen-bond donors (Lipinski definition) is 1. The summed E-state index contributed by atoms with van der Waals surface area (Å²) in [7, 11) is 0. The molecular weight excluding hydrogens is 244 g/mol. The molecule has 4 rings (SSSR count). The Labute approximate surface area is 124 Å². The lowest BCUT2D eigenvalue weighted by Gasteiger charge is -2.65. The lowest BCUT2D eigenvalue weighted by atomic mass is 9.40. The van der Waals surface area contributed by atoms with E-state index in [0.29, 0.717) is 11.3 Å². The molecule has 0 aromatic rings. The van der Waals surface area contributed by atoms with E-state index in [4.69, 9.17) is 0 Å². The van der Waals surface area contributed by atoms with Gasteiger partial charge in [0.15, 0.2) is 0 Å². The Morgan fingerprint density at radius 2 is 1.60 bits per heavy atom. The van der Waals surface area contributed by atoms with Crippen molar-refractivity contribution in [3.8, 4) is 0 Å². The third-order valence-corrected chi connectivity index (χ3v) is 7.65. The molecule has 1 N–H and O–H groups in total. The maximum Gasteiger partial charge on any atom is 0.0630 e.